The second-order valence-electron chi connectivity index (χ2n) is 5.32. The highest BCUT2D eigenvalue weighted by Crippen LogP contribution is 2.31. The van der Waals surface area contributed by atoms with Gasteiger partial charge < -0.3 is 10.4 Å². The molecule has 0 atom stereocenters. The standard InChI is InChI=1S/C13H21N3O3S/c1-14-12-6-5-11(9-15-12)20(18,19)16(2)10-13(17)7-3-4-8-13/h5-6,9,17H,3-4,7-8,10H2,1-2H3,(H,14,15). The fourth-order valence-electron chi connectivity index (χ4n) is 2.55. The van der Waals surface area contributed by atoms with Gasteiger partial charge in [-0.25, -0.2) is 13.4 Å². The molecule has 1 aliphatic rings. The minimum Gasteiger partial charge on any atom is -0.389 e. The first-order valence-electron chi connectivity index (χ1n) is 6.70. The lowest BCUT2D eigenvalue weighted by Crippen LogP contribution is -2.42. The molecule has 0 spiro atoms. The van der Waals surface area contributed by atoms with Crippen LogP contribution in [0.3, 0.4) is 0 Å². The van der Waals surface area contributed by atoms with Gasteiger partial charge in [0.1, 0.15) is 10.7 Å². The quantitative estimate of drug-likeness (QED) is 0.849. The summed E-state index contributed by atoms with van der Waals surface area (Å²) in [6.07, 6.45) is 4.54. The Kier molecular flexibility index (Phi) is 4.31. The molecule has 7 heteroatoms. The summed E-state index contributed by atoms with van der Waals surface area (Å²) >= 11 is 0. The van der Waals surface area contributed by atoms with E-state index in [4.69, 9.17) is 0 Å². The third-order valence-corrected chi connectivity index (χ3v) is 5.54. The first-order chi connectivity index (χ1) is 9.37. The number of pyridine rings is 1. The molecule has 0 aromatic carbocycles. The highest BCUT2D eigenvalue weighted by Gasteiger charge is 2.35. The summed E-state index contributed by atoms with van der Waals surface area (Å²) in [6, 6.07) is 3.13. The van der Waals surface area contributed by atoms with E-state index in [1.165, 1.54) is 23.6 Å². The molecule has 0 radical (unpaired) electrons. The SMILES string of the molecule is CNc1ccc(S(=O)(=O)N(C)CC2(O)CCCC2)cn1. The lowest BCUT2D eigenvalue weighted by atomic mass is 10.0. The highest BCUT2D eigenvalue weighted by molar-refractivity contribution is 7.89. The molecule has 1 saturated carbocycles. The van der Waals surface area contributed by atoms with E-state index >= 15 is 0 Å². The zero-order chi connectivity index (χ0) is 14.8. The van der Waals surface area contributed by atoms with Gasteiger partial charge in [-0.3, -0.25) is 0 Å². The average molecular weight is 299 g/mol. The summed E-state index contributed by atoms with van der Waals surface area (Å²) in [5.41, 5.74) is -0.889. The minimum atomic E-state index is -3.61. The molecule has 0 unspecified atom stereocenters. The maximum atomic E-state index is 12.4. The smallest absolute Gasteiger partial charge is 0.244 e. The largest absolute Gasteiger partial charge is 0.389 e. The van der Waals surface area contributed by atoms with Crippen LogP contribution >= 0.6 is 0 Å². The normalized spacial score (nSPS) is 18.4. The number of rotatable bonds is 5. The van der Waals surface area contributed by atoms with Crippen LogP contribution in [0.25, 0.3) is 0 Å². The predicted octanol–water partition coefficient (Wildman–Crippen LogP) is 1.05. The van der Waals surface area contributed by atoms with Crippen molar-refractivity contribution < 1.29 is 13.5 Å². The van der Waals surface area contributed by atoms with E-state index in [9.17, 15) is 13.5 Å². The van der Waals surface area contributed by atoms with Crippen LogP contribution in [-0.2, 0) is 10.0 Å². The van der Waals surface area contributed by atoms with Gasteiger partial charge in [-0.05, 0) is 25.0 Å². The Bertz CT molecular complexity index is 551. The summed E-state index contributed by atoms with van der Waals surface area (Å²) in [4.78, 5) is 4.15. The lowest BCUT2D eigenvalue weighted by molar-refractivity contribution is 0.0333. The maximum absolute atomic E-state index is 12.4. The molecule has 1 aromatic rings. The van der Waals surface area contributed by atoms with Crippen LogP contribution in [0.15, 0.2) is 23.2 Å². The Morgan fingerprint density at radius 1 is 1.40 bits per heavy atom. The number of nitrogens with zero attached hydrogens (tertiary/aromatic N) is 2. The van der Waals surface area contributed by atoms with Crippen LogP contribution < -0.4 is 5.32 Å². The summed E-state index contributed by atoms with van der Waals surface area (Å²) in [5, 5.41) is 13.2. The van der Waals surface area contributed by atoms with E-state index in [1.807, 2.05) is 0 Å². The van der Waals surface area contributed by atoms with Crippen LogP contribution in [-0.4, -0.2) is 49.1 Å². The summed E-state index contributed by atoms with van der Waals surface area (Å²) in [7, 11) is -0.388. The lowest BCUT2D eigenvalue weighted by Gasteiger charge is -2.28. The van der Waals surface area contributed by atoms with E-state index in [1.54, 1.807) is 13.1 Å². The zero-order valence-electron chi connectivity index (χ0n) is 11.8. The topological polar surface area (TPSA) is 82.5 Å². The van der Waals surface area contributed by atoms with Crippen LogP contribution in [0.1, 0.15) is 25.7 Å². The molecule has 1 aromatic heterocycles. The second-order valence-corrected chi connectivity index (χ2v) is 7.37. The van der Waals surface area contributed by atoms with Crippen LogP contribution in [0.2, 0.25) is 0 Å². The number of likely N-dealkylation sites (N-methyl/N-ethyl adjacent to an activating group) is 1. The molecule has 0 saturated heterocycles. The second kappa shape index (κ2) is 5.67. The van der Waals surface area contributed by atoms with Crippen molar-refractivity contribution in [3.8, 4) is 0 Å². The van der Waals surface area contributed by atoms with Gasteiger partial charge in [0, 0.05) is 26.8 Å². The molecular formula is C13H21N3O3S. The third-order valence-electron chi connectivity index (χ3n) is 3.75. The van der Waals surface area contributed by atoms with Gasteiger partial charge in [0.15, 0.2) is 0 Å². The maximum Gasteiger partial charge on any atom is 0.244 e. The van der Waals surface area contributed by atoms with Crippen LogP contribution in [0.4, 0.5) is 5.82 Å². The number of nitrogens with one attached hydrogen (secondary N) is 1. The van der Waals surface area contributed by atoms with E-state index in [0.29, 0.717) is 18.7 Å². The van der Waals surface area contributed by atoms with Crippen molar-refractivity contribution in [1.82, 2.24) is 9.29 Å². The predicted molar refractivity (Wildman–Crippen MR) is 77.0 cm³/mol. The first kappa shape index (κ1) is 15.2. The molecule has 2 N–H and O–H groups in total. The van der Waals surface area contributed by atoms with Gasteiger partial charge in [0.2, 0.25) is 10.0 Å². The third kappa shape index (κ3) is 3.11. The molecule has 0 amide bonds. The first-order valence-corrected chi connectivity index (χ1v) is 8.14. The molecule has 112 valence electrons. The van der Waals surface area contributed by atoms with Crippen molar-refractivity contribution in [2.24, 2.45) is 0 Å². The van der Waals surface area contributed by atoms with Crippen molar-refractivity contribution in [3.05, 3.63) is 18.3 Å². The average Bonchev–Trinajstić information content (AvgIpc) is 2.85. The molecule has 6 nitrogen and oxygen atoms in total. The molecule has 1 aliphatic carbocycles. The Labute approximate surface area is 119 Å². The number of hydrogen-bond acceptors (Lipinski definition) is 5. The number of aromatic nitrogens is 1. The van der Waals surface area contributed by atoms with Gasteiger partial charge in [-0.15, -0.1) is 0 Å². The highest BCUT2D eigenvalue weighted by atomic mass is 32.2. The molecule has 20 heavy (non-hydrogen) atoms. The summed E-state index contributed by atoms with van der Waals surface area (Å²) in [5.74, 6) is 0.612. The van der Waals surface area contributed by atoms with Crippen molar-refractivity contribution >= 4 is 15.8 Å². The van der Waals surface area contributed by atoms with Crippen molar-refractivity contribution in [3.63, 3.8) is 0 Å². The van der Waals surface area contributed by atoms with Gasteiger partial charge in [-0.1, -0.05) is 12.8 Å². The molecule has 0 bridgehead atoms. The van der Waals surface area contributed by atoms with Crippen molar-refractivity contribution in [2.75, 3.05) is 26.0 Å². The van der Waals surface area contributed by atoms with E-state index in [2.05, 4.69) is 10.3 Å². The number of hydrogen-bond donors (Lipinski definition) is 2. The van der Waals surface area contributed by atoms with Gasteiger partial charge in [-0.2, -0.15) is 4.31 Å². The summed E-state index contributed by atoms with van der Waals surface area (Å²) < 4.78 is 26.0. The van der Waals surface area contributed by atoms with E-state index in [0.717, 1.165) is 12.8 Å². The molecule has 0 aliphatic heterocycles. The fraction of sp³-hybridized carbons (Fsp3) is 0.615. The molecule has 2 rings (SSSR count). The Hall–Kier alpha value is -1.18. The van der Waals surface area contributed by atoms with Gasteiger partial charge in [0.05, 0.1) is 5.60 Å². The van der Waals surface area contributed by atoms with Gasteiger partial charge >= 0.3 is 0 Å². The molecular weight excluding hydrogens is 278 g/mol. The Balaban J connectivity index is 2.15. The summed E-state index contributed by atoms with van der Waals surface area (Å²) in [6.45, 7) is 0.128. The molecule has 1 heterocycles. The van der Waals surface area contributed by atoms with Crippen LogP contribution in [0.5, 0.6) is 0 Å². The number of aliphatic hydroxyl groups is 1. The van der Waals surface area contributed by atoms with Crippen molar-refractivity contribution in [1.29, 1.82) is 0 Å². The van der Waals surface area contributed by atoms with Gasteiger partial charge in [0.25, 0.3) is 0 Å². The fourth-order valence-corrected chi connectivity index (χ4v) is 3.75. The zero-order valence-corrected chi connectivity index (χ0v) is 12.7. The van der Waals surface area contributed by atoms with Crippen molar-refractivity contribution in [2.45, 2.75) is 36.2 Å². The number of sulfonamides is 1. The monoisotopic (exact) mass is 299 g/mol. The minimum absolute atomic E-state index is 0.128. The molecule has 1 fully saturated rings. The van der Waals surface area contributed by atoms with Crippen LogP contribution in [0, 0.1) is 0 Å². The van der Waals surface area contributed by atoms with E-state index in [-0.39, 0.29) is 11.4 Å². The Morgan fingerprint density at radius 2 is 2.05 bits per heavy atom. The number of anilines is 1. The Morgan fingerprint density at radius 3 is 2.55 bits per heavy atom. The van der Waals surface area contributed by atoms with E-state index < -0.39 is 15.6 Å².